The van der Waals surface area contributed by atoms with Gasteiger partial charge in [0.2, 0.25) is 0 Å². The van der Waals surface area contributed by atoms with Crippen LogP contribution in [0, 0.1) is 5.92 Å². The van der Waals surface area contributed by atoms with Crippen molar-refractivity contribution >= 4 is 17.3 Å². The lowest BCUT2D eigenvalue weighted by Crippen LogP contribution is -2.38. The maximum Gasteiger partial charge on any atom is 0.276 e. The number of carbonyl (C=O) groups is 1. The van der Waals surface area contributed by atoms with E-state index in [0.717, 1.165) is 31.7 Å². The third kappa shape index (κ3) is 3.35. The number of fused-ring (bicyclic) bond motifs is 1. The maximum atomic E-state index is 12.9. The highest BCUT2D eigenvalue weighted by atomic mass is 16.6. The third-order valence-corrected chi connectivity index (χ3v) is 5.21. The first-order valence-corrected chi connectivity index (χ1v) is 9.05. The second-order valence-electron chi connectivity index (χ2n) is 6.92. The first-order valence-electron chi connectivity index (χ1n) is 9.05. The summed E-state index contributed by atoms with van der Waals surface area (Å²) in [4.78, 5) is 22.5. The van der Waals surface area contributed by atoms with Crippen molar-refractivity contribution in [3.05, 3.63) is 66.2 Å². The second-order valence-corrected chi connectivity index (χ2v) is 6.92. The zero-order chi connectivity index (χ0) is 17.9. The van der Waals surface area contributed by atoms with Gasteiger partial charge in [0.25, 0.3) is 5.91 Å². The Hall–Kier alpha value is -2.66. The predicted molar refractivity (Wildman–Crippen MR) is 102 cm³/mol. The van der Waals surface area contributed by atoms with Crippen LogP contribution in [0.15, 0.2) is 65.8 Å². The topological polar surface area (TPSA) is 45.1 Å². The zero-order valence-electron chi connectivity index (χ0n) is 14.9. The first-order chi connectivity index (χ1) is 12.7. The summed E-state index contributed by atoms with van der Waals surface area (Å²) in [5.74, 6) is -0.0157. The summed E-state index contributed by atoms with van der Waals surface area (Å²) in [5, 5.41) is 4.12. The van der Waals surface area contributed by atoms with E-state index in [4.69, 9.17) is 4.84 Å². The summed E-state index contributed by atoms with van der Waals surface area (Å²) in [7, 11) is 1.79. The SMILES string of the molecule is CN(C(=O)C1=NO[C@@H]2CN(CCc3ccccc3)C[C@H]12)c1ccccc1. The average molecular weight is 349 g/mol. The molecule has 2 heterocycles. The molecule has 1 amide bonds. The number of amides is 1. The predicted octanol–water partition coefficient (Wildman–Crippen LogP) is 2.58. The number of oxime groups is 1. The molecule has 0 N–H and O–H groups in total. The van der Waals surface area contributed by atoms with Crippen molar-refractivity contribution in [1.82, 2.24) is 4.90 Å². The summed E-state index contributed by atoms with van der Waals surface area (Å²) in [6.07, 6.45) is 0.999. The van der Waals surface area contributed by atoms with Crippen molar-refractivity contribution in [1.29, 1.82) is 0 Å². The monoisotopic (exact) mass is 349 g/mol. The van der Waals surface area contributed by atoms with E-state index < -0.39 is 0 Å². The van der Waals surface area contributed by atoms with Crippen LogP contribution in [0.5, 0.6) is 0 Å². The van der Waals surface area contributed by atoms with Crippen LogP contribution in [0.2, 0.25) is 0 Å². The second kappa shape index (κ2) is 7.30. The number of likely N-dealkylation sites (tertiary alicyclic amines) is 1. The average Bonchev–Trinajstić information content (AvgIpc) is 3.27. The Morgan fingerprint density at radius 3 is 2.54 bits per heavy atom. The van der Waals surface area contributed by atoms with Crippen LogP contribution in [0.25, 0.3) is 0 Å². The van der Waals surface area contributed by atoms with Crippen LogP contribution in [0.4, 0.5) is 5.69 Å². The van der Waals surface area contributed by atoms with E-state index in [2.05, 4.69) is 34.3 Å². The van der Waals surface area contributed by atoms with Gasteiger partial charge in [0.05, 0.1) is 5.92 Å². The number of para-hydroxylation sites is 1. The Balaban J connectivity index is 1.38. The summed E-state index contributed by atoms with van der Waals surface area (Å²) in [6, 6.07) is 20.1. The minimum absolute atomic E-state index is 0.00565. The van der Waals surface area contributed by atoms with E-state index in [1.54, 1.807) is 11.9 Å². The lowest BCUT2D eigenvalue weighted by Gasteiger charge is -2.19. The van der Waals surface area contributed by atoms with Crippen molar-refractivity contribution in [3.63, 3.8) is 0 Å². The van der Waals surface area contributed by atoms with E-state index in [1.165, 1.54) is 5.56 Å². The molecule has 4 rings (SSSR count). The fraction of sp³-hybridized carbons (Fsp3) is 0.333. The summed E-state index contributed by atoms with van der Waals surface area (Å²) in [5.41, 5.74) is 2.74. The molecule has 2 aliphatic heterocycles. The van der Waals surface area contributed by atoms with Crippen molar-refractivity contribution in [3.8, 4) is 0 Å². The van der Waals surface area contributed by atoms with Crippen LogP contribution in [-0.2, 0) is 16.1 Å². The molecule has 2 aromatic rings. The molecule has 0 unspecified atom stereocenters. The van der Waals surface area contributed by atoms with Crippen molar-refractivity contribution in [2.75, 3.05) is 31.6 Å². The molecule has 0 aliphatic carbocycles. The van der Waals surface area contributed by atoms with Gasteiger partial charge in [-0.15, -0.1) is 0 Å². The lowest BCUT2D eigenvalue weighted by atomic mass is 10.00. The molecule has 0 radical (unpaired) electrons. The molecule has 0 saturated carbocycles. The summed E-state index contributed by atoms with van der Waals surface area (Å²) in [6.45, 7) is 2.62. The molecule has 5 nitrogen and oxygen atoms in total. The Morgan fingerprint density at radius 1 is 1.12 bits per heavy atom. The molecular weight excluding hydrogens is 326 g/mol. The van der Waals surface area contributed by atoms with Gasteiger partial charge in [-0.05, 0) is 24.1 Å². The van der Waals surface area contributed by atoms with Gasteiger partial charge < -0.3 is 9.74 Å². The quantitative estimate of drug-likeness (QED) is 0.833. The van der Waals surface area contributed by atoms with Gasteiger partial charge in [-0.25, -0.2) is 0 Å². The van der Waals surface area contributed by atoms with Gasteiger partial charge in [0, 0.05) is 32.4 Å². The van der Waals surface area contributed by atoms with Gasteiger partial charge in [0.1, 0.15) is 6.10 Å². The minimum atomic E-state index is -0.0754. The van der Waals surface area contributed by atoms with Gasteiger partial charge >= 0.3 is 0 Å². The molecule has 2 aromatic carbocycles. The molecule has 26 heavy (non-hydrogen) atoms. The number of hydrogen-bond acceptors (Lipinski definition) is 4. The van der Waals surface area contributed by atoms with E-state index in [0.29, 0.717) is 5.71 Å². The van der Waals surface area contributed by atoms with Crippen LogP contribution >= 0.6 is 0 Å². The Kier molecular flexibility index (Phi) is 4.71. The van der Waals surface area contributed by atoms with Gasteiger partial charge in [-0.2, -0.15) is 0 Å². The van der Waals surface area contributed by atoms with E-state index in [9.17, 15) is 4.79 Å². The highest BCUT2D eigenvalue weighted by Crippen LogP contribution is 2.28. The molecule has 1 saturated heterocycles. The van der Waals surface area contributed by atoms with Gasteiger partial charge in [-0.3, -0.25) is 9.69 Å². The van der Waals surface area contributed by atoms with E-state index in [1.807, 2.05) is 36.4 Å². The molecule has 0 aromatic heterocycles. The van der Waals surface area contributed by atoms with Gasteiger partial charge in [0.15, 0.2) is 5.71 Å². The molecule has 2 atom stereocenters. The number of nitrogens with zero attached hydrogens (tertiary/aromatic N) is 3. The number of anilines is 1. The Labute approximate surface area is 153 Å². The van der Waals surface area contributed by atoms with Crippen LogP contribution < -0.4 is 4.90 Å². The maximum absolute atomic E-state index is 12.9. The van der Waals surface area contributed by atoms with Crippen molar-refractivity contribution < 1.29 is 9.63 Å². The largest absolute Gasteiger partial charge is 0.390 e. The fourth-order valence-corrected chi connectivity index (χ4v) is 3.67. The lowest BCUT2D eigenvalue weighted by molar-refractivity contribution is -0.112. The Morgan fingerprint density at radius 2 is 1.81 bits per heavy atom. The molecule has 0 bridgehead atoms. The smallest absolute Gasteiger partial charge is 0.276 e. The van der Waals surface area contributed by atoms with Gasteiger partial charge in [-0.1, -0.05) is 53.7 Å². The van der Waals surface area contributed by atoms with Crippen LogP contribution in [-0.4, -0.2) is 49.3 Å². The molecule has 1 fully saturated rings. The number of carbonyl (C=O) groups excluding carboxylic acids is 1. The molecule has 134 valence electrons. The van der Waals surface area contributed by atoms with E-state index >= 15 is 0 Å². The number of rotatable bonds is 5. The molecule has 2 aliphatic rings. The molecule has 5 heteroatoms. The van der Waals surface area contributed by atoms with Crippen LogP contribution in [0.1, 0.15) is 5.56 Å². The van der Waals surface area contributed by atoms with Crippen molar-refractivity contribution in [2.45, 2.75) is 12.5 Å². The zero-order valence-corrected chi connectivity index (χ0v) is 14.9. The number of hydrogen-bond donors (Lipinski definition) is 0. The highest BCUT2D eigenvalue weighted by Gasteiger charge is 2.45. The normalized spacial score (nSPS) is 21.8. The molecular formula is C21H23N3O2. The minimum Gasteiger partial charge on any atom is -0.390 e. The molecule has 0 spiro atoms. The third-order valence-electron chi connectivity index (χ3n) is 5.21. The van der Waals surface area contributed by atoms with Crippen LogP contribution in [0.3, 0.4) is 0 Å². The number of benzene rings is 2. The highest BCUT2D eigenvalue weighted by molar-refractivity contribution is 6.44. The van der Waals surface area contributed by atoms with E-state index in [-0.39, 0.29) is 17.9 Å². The summed E-state index contributed by atoms with van der Waals surface area (Å²) < 4.78 is 0. The van der Waals surface area contributed by atoms with Crippen molar-refractivity contribution in [2.24, 2.45) is 11.1 Å². The Bertz CT molecular complexity index is 791. The first kappa shape index (κ1) is 16.8. The standard InChI is InChI=1S/C21H23N3O2/c1-23(17-10-6-3-7-11-17)21(25)20-18-14-24(15-19(18)26-22-20)13-12-16-8-4-2-5-9-16/h2-11,18-19H,12-15H2,1H3/t18-,19+/m0/s1. The fourth-order valence-electron chi connectivity index (χ4n) is 3.67. The summed E-state index contributed by atoms with van der Waals surface area (Å²) >= 11 is 0.